The Hall–Kier alpha value is -0.450. The summed E-state index contributed by atoms with van der Waals surface area (Å²) >= 11 is 1.66. The average Bonchev–Trinajstić information content (AvgIpc) is 2.70. The predicted octanol–water partition coefficient (Wildman–Crippen LogP) is 2.25. The van der Waals surface area contributed by atoms with Crippen LogP contribution < -0.4 is 5.73 Å². The summed E-state index contributed by atoms with van der Waals surface area (Å²) in [6.07, 6.45) is 2.61. The first-order valence-electron chi connectivity index (χ1n) is 5.64. The molecule has 0 aliphatic heterocycles. The van der Waals surface area contributed by atoms with Crippen molar-refractivity contribution in [2.24, 2.45) is 11.7 Å². The van der Waals surface area contributed by atoms with Gasteiger partial charge in [0.1, 0.15) is 5.76 Å². The third-order valence-electron chi connectivity index (χ3n) is 2.42. The predicted molar refractivity (Wildman–Crippen MR) is 68.3 cm³/mol. The van der Waals surface area contributed by atoms with Crippen LogP contribution in [0.25, 0.3) is 0 Å². The highest BCUT2D eigenvalue weighted by Gasteiger charge is 2.18. The van der Waals surface area contributed by atoms with Gasteiger partial charge in [-0.15, -0.1) is 11.8 Å². The van der Waals surface area contributed by atoms with Gasteiger partial charge in [-0.05, 0) is 24.5 Å². The van der Waals surface area contributed by atoms with E-state index in [-0.39, 0.29) is 17.9 Å². The highest BCUT2D eigenvalue weighted by molar-refractivity contribution is 7.99. The Morgan fingerprint density at radius 1 is 1.50 bits per heavy atom. The molecule has 1 aromatic heterocycles. The van der Waals surface area contributed by atoms with Crippen molar-refractivity contribution in [3.8, 4) is 0 Å². The van der Waals surface area contributed by atoms with Crippen molar-refractivity contribution in [3.05, 3.63) is 24.2 Å². The summed E-state index contributed by atoms with van der Waals surface area (Å²) < 4.78 is 5.25. The van der Waals surface area contributed by atoms with E-state index >= 15 is 0 Å². The molecule has 3 nitrogen and oxygen atoms in total. The van der Waals surface area contributed by atoms with Crippen molar-refractivity contribution >= 4 is 11.8 Å². The van der Waals surface area contributed by atoms with Crippen molar-refractivity contribution in [1.29, 1.82) is 0 Å². The van der Waals surface area contributed by atoms with E-state index in [1.807, 2.05) is 12.1 Å². The van der Waals surface area contributed by atoms with E-state index < -0.39 is 0 Å². The van der Waals surface area contributed by atoms with Gasteiger partial charge in [0.15, 0.2) is 0 Å². The second-order valence-electron chi connectivity index (χ2n) is 4.40. The maximum absolute atomic E-state index is 9.31. The lowest BCUT2D eigenvalue weighted by molar-refractivity contribution is 0.275. The van der Waals surface area contributed by atoms with Crippen LogP contribution in [0.4, 0.5) is 0 Å². The molecule has 92 valence electrons. The van der Waals surface area contributed by atoms with E-state index in [4.69, 9.17) is 10.2 Å². The molecule has 0 amide bonds. The number of rotatable bonds is 7. The standard InChI is InChI=1S/C12H21NO2S/c1-9(2)6-11(13)12(7-14)16-8-10-4-3-5-15-10/h3-5,9,11-12,14H,6-8,13H2,1-2H3. The fourth-order valence-corrected chi connectivity index (χ4v) is 2.60. The number of hydrogen-bond donors (Lipinski definition) is 2. The number of hydrogen-bond acceptors (Lipinski definition) is 4. The average molecular weight is 243 g/mol. The van der Waals surface area contributed by atoms with E-state index in [1.54, 1.807) is 18.0 Å². The Balaban J connectivity index is 2.36. The molecule has 0 aliphatic rings. The van der Waals surface area contributed by atoms with Crippen molar-refractivity contribution in [1.82, 2.24) is 0 Å². The molecule has 2 unspecified atom stereocenters. The van der Waals surface area contributed by atoms with E-state index in [2.05, 4.69) is 13.8 Å². The Bertz CT molecular complexity index is 275. The SMILES string of the molecule is CC(C)CC(N)C(CO)SCc1ccco1. The molecule has 0 aliphatic carbocycles. The number of thioether (sulfide) groups is 1. The van der Waals surface area contributed by atoms with Gasteiger partial charge in [0.05, 0.1) is 18.6 Å². The quantitative estimate of drug-likeness (QED) is 0.771. The van der Waals surface area contributed by atoms with Gasteiger partial charge in [-0.25, -0.2) is 0 Å². The zero-order chi connectivity index (χ0) is 12.0. The van der Waals surface area contributed by atoms with Crippen LogP contribution in [0.15, 0.2) is 22.8 Å². The molecule has 1 rings (SSSR count). The lowest BCUT2D eigenvalue weighted by Crippen LogP contribution is -2.36. The molecule has 16 heavy (non-hydrogen) atoms. The van der Waals surface area contributed by atoms with Crippen LogP contribution in [-0.4, -0.2) is 23.0 Å². The van der Waals surface area contributed by atoms with Gasteiger partial charge in [-0.1, -0.05) is 13.8 Å². The number of furan rings is 1. The summed E-state index contributed by atoms with van der Waals surface area (Å²) in [5.74, 6) is 2.26. The molecule has 0 spiro atoms. The normalized spacial score (nSPS) is 15.3. The van der Waals surface area contributed by atoms with Crippen LogP contribution in [0, 0.1) is 5.92 Å². The second kappa shape index (κ2) is 6.99. The maximum atomic E-state index is 9.31. The van der Waals surface area contributed by atoms with Gasteiger partial charge in [0, 0.05) is 11.3 Å². The largest absolute Gasteiger partial charge is 0.468 e. The van der Waals surface area contributed by atoms with Gasteiger partial charge in [0.2, 0.25) is 0 Å². The van der Waals surface area contributed by atoms with Gasteiger partial charge < -0.3 is 15.3 Å². The first kappa shape index (κ1) is 13.6. The third-order valence-corrected chi connectivity index (χ3v) is 3.80. The number of aliphatic hydroxyl groups excluding tert-OH is 1. The molecule has 1 aromatic rings. The summed E-state index contributed by atoms with van der Waals surface area (Å²) in [5.41, 5.74) is 6.06. The molecule has 0 bridgehead atoms. The molecule has 0 saturated heterocycles. The van der Waals surface area contributed by atoms with E-state index in [9.17, 15) is 5.11 Å². The molecule has 4 heteroatoms. The summed E-state index contributed by atoms with van der Waals surface area (Å²) in [7, 11) is 0. The maximum Gasteiger partial charge on any atom is 0.113 e. The molecule has 0 aromatic carbocycles. The van der Waals surface area contributed by atoms with Crippen molar-refractivity contribution in [2.75, 3.05) is 6.61 Å². The van der Waals surface area contributed by atoms with Crippen LogP contribution in [-0.2, 0) is 5.75 Å². The summed E-state index contributed by atoms with van der Waals surface area (Å²) in [5, 5.41) is 9.40. The minimum absolute atomic E-state index is 0.0463. The van der Waals surface area contributed by atoms with Crippen molar-refractivity contribution < 1.29 is 9.52 Å². The fourth-order valence-electron chi connectivity index (χ4n) is 1.59. The summed E-state index contributed by atoms with van der Waals surface area (Å²) in [6, 6.07) is 3.86. The van der Waals surface area contributed by atoms with Crippen LogP contribution in [0.2, 0.25) is 0 Å². The Labute approximate surface area is 101 Å². The number of aliphatic hydroxyl groups is 1. The van der Waals surface area contributed by atoms with E-state index in [0.29, 0.717) is 5.92 Å². The molecule has 1 heterocycles. The molecule has 2 atom stereocenters. The smallest absolute Gasteiger partial charge is 0.113 e. The number of nitrogens with two attached hydrogens (primary N) is 1. The first-order valence-corrected chi connectivity index (χ1v) is 6.68. The monoisotopic (exact) mass is 243 g/mol. The minimum Gasteiger partial charge on any atom is -0.468 e. The minimum atomic E-state index is 0.0463. The van der Waals surface area contributed by atoms with E-state index in [1.165, 1.54) is 0 Å². The lowest BCUT2D eigenvalue weighted by atomic mass is 10.0. The van der Waals surface area contributed by atoms with Gasteiger partial charge >= 0.3 is 0 Å². The van der Waals surface area contributed by atoms with Crippen LogP contribution in [0.5, 0.6) is 0 Å². The van der Waals surface area contributed by atoms with Gasteiger partial charge in [0.25, 0.3) is 0 Å². The third kappa shape index (κ3) is 4.60. The Morgan fingerprint density at radius 3 is 2.75 bits per heavy atom. The Morgan fingerprint density at radius 2 is 2.25 bits per heavy atom. The van der Waals surface area contributed by atoms with E-state index in [0.717, 1.165) is 17.9 Å². The first-order chi connectivity index (χ1) is 7.63. The summed E-state index contributed by atoms with van der Waals surface area (Å²) in [6.45, 7) is 4.41. The van der Waals surface area contributed by atoms with Crippen molar-refractivity contribution in [2.45, 2.75) is 37.3 Å². The van der Waals surface area contributed by atoms with Gasteiger partial charge in [-0.3, -0.25) is 0 Å². The molecule has 0 radical (unpaired) electrons. The fraction of sp³-hybridized carbons (Fsp3) is 0.667. The highest BCUT2D eigenvalue weighted by atomic mass is 32.2. The van der Waals surface area contributed by atoms with Crippen LogP contribution in [0.1, 0.15) is 26.0 Å². The molecule has 0 saturated carbocycles. The van der Waals surface area contributed by atoms with Crippen molar-refractivity contribution in [3.63, 3.8) is 0 Å². The molecule has 3 N–H and O–H groups in total. The van der Waals surface area contributed by atoms with Crippen LogP contribution in [0.3, 0.4) is 0 Å². The Kier molecular flexibility index (Phi) is 5.95. The van der Waals surface area contributed by atoms with Gasteiger partial charge in [-0.2, -0.15) is 0 Å². The zero-order valence-electron chi connectivity index (χ0n) is 9.93. The zero-order valence-corrected chi connectivity index (χ0v) is 10.7. The summed E-state index contributed by atoms with van der Waals surface area (Å²) in [4.78, 5) is 0. The molecule has 0 fully saturated rings. The topological polar surface area (TPSA) is 59.4 Å². The lowest BCUT2D eigenvalue weighted by Gasteiger charge is -2.22. The van der Waals surface area contributed by atoms with Crippen LogP contribution >= 0.6 is 11.8 Å². The molecular formula is C12H21NO2S. The second-order valence-corrected chi connectivity index (χ2v) is 5.63. The highest BCUT2D eigenvalue weighted by Crippen LogP contribution is 2.22. The molecular weight excluding hydrogens is 222 g/mol.